The van der Waals surface area contributed by atoms with Crippen molar-refractivity contribution in [2.75, 3.05) is 20.2 Å². The minimum absolute atomic E-state index is 0.116. The molecule has 25 heavy (non-hydrogen) atoms. The van der Waals surface area contributed by atoms with Crippen LogP contribution in [0, 0.1) is 0 Å². The van der Waals surface area contributed by atoms with Gasteiger partial charge in [-0.2, -0.15) is 0 Å². The lowest BCUT2D eigenvalue weighted by atomic mass is 10.1. The molecule has 2 atom stereocenters. The number of methoxy groups -OCH3 is 1. The standard InChI is InChI=1S/C17H23N3O5/c1-25-17(24)14(9-11-4-6-12(21)7-5-11)20-15(22)10-19-16(23)13-3-2-8-18-13/h4-7,13-14,18,21H,2-3,8-10H2,1H3,(H,19,23)(H,20,22)/t13-,14-/m0/s1. The Morgan fingerprint density at radius 3 is 2.64 bits per heavy atom. The highest BCUT2D eigenvalue weighted by Gasteiger charge is 2.24. The van der Waals surface area contributed by atoms with Crippen molar-refractivity contribution >= 4 is 17.8 Å². The van der Waals surface area contributed by atoms with Crippen LogP contribution in [0.5, 0.6) is 5.75 Å². The molecule has 0 radical (unpaired) electrons. The molecule has 2 amide bonds. The Morgan fingerprint density at radius 1 is 1.32 bits per heavy atom. The van der Waals surface area contributed by atoms with Crippen LogP contribution in [-0.2, 0) is 25.5 Å². The molecule has 0 unspecified atom stereocenters. The first-order valence-electron chi connectivity index (χ1n) is 8.16. The lowest BCUT2D eigenvalue weighted by Crippen LogP contribution is -2.49. The molecular formula is C17H23N3O5. The summed E-state index contributed by atoms with van der Waals surface area (Å²) in [7, 11) is 1.24. The van der Waals surface area contributed by atoms with Crippen LogP contribution >= 0.6 is 0 Å². The zero-order valence-electron chi connectivity index (χ0n) is 14.1. The average molecular weight is 349 g/mol. The number of rotatable bonds is 7. The van der Waals surface area contributed by atoms with Gasteiger partial charge in [0.25, 0.3) is 0 Å². The van der Waals surface area contributed by atoms with Crippen molar-refractivity contribution in [3.63, 3.8) is 0 Å². The summed E-state index contributed by atoms with van der Waals surface area (Å²) in [6.07, 6.45) is 1.90. The minimum Gasteiger partial charge on any atom is -0.508 e. The van der Waals surface area contributed by atoms with E-state index in [0.29, 0.717) is 0 Å². The fraction of sp³-hybridized carbons (Fsp3) is 0.471. The van der Waals surface area contributed by atoms with E-state index in [1.165, 1.54) is 19.2 Å². The summed E-state index contributed by atoms with van der Waals surface area (Å²) in [6, 6.07) is 5.18. The van der Waals surface area contributed by atoms with Crippen molar-refractivity contribution in [3.8, 4) is 5.75 Å². The number of amides is 2. The molecule has 1 heterocycles. The van der Waals surface area contributed by atoms with Gasteiger partial charge in [0.15, 0.2) is 0 Å². The summed E-state index contributed by atoms with van der Waals surface area (Å²) in [5.41, 5.74) is 0.757. The molecule has 1 aromatic rings. The van der Waals surface area contributed by atoms with Crippen molar-refractivity contribution in [2.24, 2.45) is 0 Å². The van der Waals surface area contributed by atoms with Gasteiger partial charge in [0, 0.05) is 6.42 Å². The van der Waals surface area contributed by atoms with Gasteiger partial charge in [0.2, 0.25) is 11.8 Å². The number of esters is 1. The van der Waals surface area contributed by atoms with Crippen molar-refractivity contribution < 1.29 is 24.2 Å². The van der Waals surface area contributed by atoms with E-state index in [2.05, 4.69) is 16.0 Å². The van der Waals surface area contributed by atoms with Gasteiger partial charge in [-0.3, -0.25) is 9.59 Å². The van der Waals surface area contributed by atoms with Crippen molar-refractivity contribution in [2.45, 2.75) is 31.3 Å². The Balaban J connectivity index is 1.87. The Morgan fingerprint density at radius 2 is 2.04 bits per heavy atom. The maximum absolute atomic E-state index is 12.0. The summed E-state index contributed by atoms with van der Waals surface area (Å²) in [6.45, 7) is 0.585. The van der Waals surface area contributed by atoms with E-state index in [-0.39, 0.29) is 30.7 Å². The second kappa shape index (κ2) is 9.03. The maximum Gasteiger partial charge on any atom is 0.328 e. The normalized spacial score (nSPS) is 17.6. The molecule has 1 aromatic carbocycles. The van der Waals surface area contributed by atoms with Gasteiger partial charge in [-0.25, -0.2) is 4.79 Å². The predicted octanol–water partition coefficient (Wildman–Crippen LogP) is -0.539. The van der Waals surface area contributed by atoms with E-state index in [9.17, 15) is 19.5 Å². The third kappa shape index (κ3) is 5.75. The Bertz CT molecular complexity index is 611. The van der Waals surface area contributed by atoms with Crippen molar-refractivity contribution in [3.05, 3.63) is 29.8 Å². The van der Waals surface area contributed by atoms with E-state index < -0.39 is 17.9 Å². The van der Waals surface area contributed by atoms with Crippen LogP contribution in [0.3, 0.4) is 0 Å². The number of phenolic OH excluding ortho intramolecular Hbond substituents is 1. The van der Waals surface area contributed by atoms with E-state index >= 15 is 0 Å². The zero-order valence-corrected chi connectivity index (χ0v) is 14.1. The fourth-order valence-electron chi connectivity index (χ4n) is 2.65. The van der Waals surface area contributed by atoms with Crippen LogP contribution in [0.25, 0.3) is 0 Å². The second-order valence-electron chi connectivity index (χ2n) is 5.88. The van der Waals surface area contributed by atoms with Gasteiger partial charge in [-0.15, -0.1) is 0 Å². The van der Waals surface area contributed by atoms with Crippen molar-refractivity contribution in [1.82, 2.24) is 16.0 Å². The van der Waals surface area contributed by atoms with Crippen LogP contribution < -0.4 is 16.0 Å². The molecule has 0 aliphatic carbocycles. The Hall–Kier alpha value is -2.61. The molecule has 4 N–H and O–H groups in total. The third-order valence-corrected chi connectivity index (χ3v) is 4.00. The molecule has 1 aliphatic heterocycles. The second-order valence-corrected chi connectivity index (χ2v) is 5.88. The average Bonchev–Trinajstić information content (AvgIpc) is 3.15. The monoisotopic (exact) mass is 349 g/mol. The molecule has 2 rings (SSSR count). The molecule has 0 spiro atoms. The maximum atomic E-state index is 12.0. The molecule has 1 fully saturated rings. The quantitative estimate of drug-likeness (QED) is 0.491. The first-order valence-corrected chi connectivity index (χ1v) is 8.16. The van der Waals surface area contributed by atoms with E-state index in [0.717, 1.165) is 24.9 Å². The van der Waals surface area contributed by atoms with Gasteiger partial charge in [-0.1, -0.05) is 12.1 Å². The predicted molar refractivity (Wildman–Crippen MR) is 89.8 cm³/mol. The summed E-state index contributed by atoms with van der Waals surface area (Å²) < 4.78 is 4.72. The largest absolute Gasteiger partial charge is 0.508 e. The molecule has 1 aliphatic rings. The van der Waals surface area contributed by atoms with Crippen LogP contribution in [0.1, 0.15) is 18.4 Å². The minimum atomic E-state index is -0.872. The molecule has 0 saturated carbocycles. The van der Waals surface area contributed by atoms with Crippen LogP contribution in [0.15, 0.2) is 24.3 Å². The highest BCUT2D eigenvalue weighted by Crippen LogP contribution is 2.12. The molecule has 136 valence electrons. The number of aromatic hydroxyl groups is 1. The first-order chi connectivity index (χ1) is 12.0. The Kier molecular flexibility index (Phi) is 6.76. The Labute approximate surface area is 145 Å². The van der Waals surface area contributed by atoms with Gasteiger partial charge >= 0.3 is 5.97 Å². The van der Waals surface area contributed by atoms with E-state index in [1.54, 1.807) is 12.1 Å². The number of ether oxygens (including phenoxy) is 1. The number of carbonyl (C=O) groups excluding carboxylic acids is 3. The summed E-state index contributed by atoms with van der Waals surface area (Å²) in [4.78, 5) is 35.8. The van der Waals surface area contributed by atoms with Crippen LogP contribution in [0.4, 0.5) is 0 Å². The third-order valence-electron chi connectivity index (χ3n) is 4.00. The summed E-state index contributed by atoms with van der Waals surface area (Å²) >= 11 is 0. The number of benzene rings is 1. The highest BCUT2D eigenvalue weighted by molar-refractivity contribution is 5.90. The van der Waals surface area contributed by atoms with Gasteiger partial charge < -0.3 is 25.8 Å². The molecule has 1 saturated heterocycles. The SMILES string of the molecule is COC(=O)[C@H](Cc1ccc(O)cc1)NC(=O)CNC(=O)[C@@H]1CCCN1. The topological polar surface area (TPSA) is 117 Å². The first kappa shape index (κ1) is 18.7. The zero-order chi connectivity index (χ0) is 18.2. The lowest BCUT2D eigenvalue weighted by molar-refractivity contribution is -0.145. The highest BCUT2D eigenvalue weighted by atomic mass is 16.5. The summed E-state index contributed by atoms with van der Waals surface area (Å²) in [5.74, 6) is -1.16. The number of phenols is 1. The molecular weight excluding hydrogens is 326 g/mol. The van der Waals surface area contributed by atoms with Gasteiger partial charge in [-0.05, 0) is 37.1 Å². The number of hydrogen-bond donors (Lipinski definition) is 4. The number of nitrogens with one attached hydrogen (secondary N) is 3. The van der Waals surface area contributed by atoms with Gasteiger partial charge in [0.05, 0.1) is 19.7 Å². The van der Waals surface area contributed by atoms with Crippen molar-refractivity contribution in [1.29, 1.82) is 0 Å². The van der Waals surface area contributed by atoms with Gasteiger partial charge in [0.1, 0.15) is 11.8 Å². The molecule has 0 bridgehead atoms. The number of carbonyl (C=O) groups is 3. The van der Waals surface area contributed by atoms with E-state index in [4.69, 9.17) is 4.74 Å². The molecule has 8 heteroatoms. The lowest BCUT2D eigenvalue weighted by Gasteiger charge is -2.17. The van der Waals surface area contributed by atoms with Crippen LogP contribution in [0.2, 0.25) is 0 Å². The summed E-state index contributed by atoms with van der Waals surface area (Å²) in [5, 5.41) is 17.5. The van der Waals surface area contributed by atoms with E-state index in [1.807, 2.05) is 0 Å². The molecule has 8 nitrogen and oxygen atoms in total. The smallest absolute Gasteiger partial charge is 0.328 e. The van der Waals surface area contributed by atoms with Crippen LogP contribution in [-0.4, -0.2) is 55.2 Å². The number of hydrogen-bond acceptors (Lipinski definition) is 6. The molecule has 0 aromatic heterocycles. The fourth-order valence-corrected chi connectivity index (χ4v) is 2.65.